The van der Waals surface area contributed by atoms with E-state index in [0.29, 0.717) is 22.2 Å². The summed E-state index contributed by atoms with van der Waals surface area (Å²) in [5.41, 5.74) is 0.271. The van der Waals surface area contributed by atoms with E-state index in [4.69, 9.17) is 0 Å². The molecule has 0 unspecified atom stereocenters. The molecule has 0 spiro atoms. The summed E-state index contributed by atoms with van der Waals surface area (Å²) in [5, 5.41) is 12.2. The third-order valence-electron chi connectivity index (χ3n) is 4.41. The summed E-state index contributed by atoms with van der Waals surface area (Å²) >= 11 is 1.37. The lowest BCUT2D eigenvalue weighted by atomic mass is 10.1. The van der Waals surface area contributed by atoms with Crippen LogP contribution < -0.4 is 5.32 Å². The molecular formula is C18H18N4O3S. The van der Waals surface area contributed by atoms with Crippen molar-refractivity contribution in [1.29, 1.82) is 0 Å². The highest BCUT2D eigenvalue weighted by molar-refractivity contribution is 7.15. The summed E-state index contributed by atoms with van der Waals surface area (Å²) in [6.45, 7) is 5.40. The van der Waals surface area contributed by atoms with E-state index in [9.17, 15) is 14.4 Å². The number of hydrogen-bond donors (Lipinski definition) is 1. The molecule has 0 radical (unpaired) electrons. The molecule has 1 aliphatic carbocycles. The van der Waals surface area contributed by atoms with Crippen LogP contribution in [0.4, 0.5) is 5.13 Å². The summed E-state index contributed by atoms with van der Waals surface area (Å²) in [7, 11) is 0. The summed E-state index contributed by atoms with van der Waals surface area (Å²) in [4.78, 5) is 38.8. The first kappa shape index (κ1) is 16.8. The van der Waals surface area contributed by atoms with Gasteiger partial charge in [0.05, 0.1) is 11.1 Å². The lowest BCUT2D eigenvalue weighted by molar-refractivity contribution is 0.0507. The lowest BCUT2D eigenvalue weighted by Gasteiger charge is -2.29. The number of nitrogens with zero attached hydrogens (tertiary/aromatic N) is 3. The minimum atomic E-state index is -0.624. The van der Waals surface area contributed by atoms with Crippen molar-refractivity contribution in [3.63, 3.8) is 0 Å². The molecule has 0 atom stereocenters. The number of rotatable bonds is 3. The molecule has 2 heterocycles. The lowest BCUT2D eigenvalue weighted by Crippen LogP contribution is -2.45. The van der Waals surface area contributed by atoms with Gasteiger partial charge in [-0.15, -0.1) is 10.2 Å². The molecule has 2 aliphatic rings. The largest absolute Gasteiger partial charge is 0.296 e. The predicted octanol–water partition coefficient (Wildman–Crippen LogP) is 3.06. The third-order valence-corrected chi connectivity index (χ3v) is 5.41. The van der Waals surface area contributed by atoms with Crippen molar-refractivity contribution in [3.8, 4) is 0 Å². The van der Waals surface area contributed by atoms with E-state index >= 15 is 0 Å². The monoisotopic (exact) mass is 370 g/mol. The summed E-state index contributed by atoms with van der Waals surface area (Å²) in [6, 6.07) is 4.56. The Balaban J connectivity index is 1.57. The van der Waals surface area contributed by atoms with Crippen LogP contribution in [-0.2, 0) is 0 Å². The van der Waals surface area contributed by atoms with Crippen molar-refractivity contribution < 1.29 is 14.4 Å². The van der Waals surface area contributed by atoms with Crippen molar-refractivity contribution in [2.75, 3.05) is 5.32 Å². The molecule has 4 rings (SSSR count). The van der Waals surface area contributed by atoms with Crippen LogP contribution in [0.3, 0.4) is 0 Å². The Hall–Kier alpha value is -2.61. The van der Waals surface area contributed by atoms with E-state index in [0.717, 1.165) is 17.8 Å². The molecule has 2 aromatic rings. The van der Waals surface area contributed by atoms with Crippen LogP contribution in [-0.4, -0.2) is 38.4 Å². The highest BCUT2D eigenvalue weighted by atomic mass is 32.1. The van der Waals surface area contributed by atoms with Crippen LogP contribution in [0.1, 0.15) is 75.6 Å². The van der Waals surface area contributed by atoms with Gasteiger partial charge in [-0.1, -0.05) is 11.3 Å². The van der Waals surface area contributed by atoms with Crippen LogP contribution in [0.5, 0.6) is 0 Å². The van der Waals surface area contributed by atoms with Gasteiger partial charge in [0.25, 0.3) is 17.7 Å². The molecule has 1 N–H and O–H groups in total. The molecule has 1 aliphatic heterocycles. The van der Waals surface area contributed by atoms with Crippen LogP contribution in [0.25, 0.3) is 0 Å². The average molecular weight is 370 g/mol. The van der Waals surface area contributed by atoms with Gasteiger partial charge >= 0.3 is 0 Å². The fourth-order valence-electron chi connectivity index (χ4n) is 2.94. The maximum Gasteiger partial charge on any atom is 0.262 e. The van der Waals surface area contributed by atoms with Gasteiger partial charge < -0.3 is 0 Å². The number of amides is 3. The van der Waals surface area contributed by atoms with Crippen LogP contribution in [0.15, 0.2) is 18.2 Å². The van der Waals surface area contributed by atoms with Crippen LogP contribution in [0, 0.1) is 0 Å². The van der Waals surface area contributed by atoms with Crippen molar-refractivity contribution in [1.82, 2.24) is 15.1 Å². The van der Waals surface area contributed by atoms with E-state index in [1.165, 1.54) is 28.4 Å². The molecular weight excluding hydrogens is 352 g/mol. The fraction of sp³-hybridized carbons (Fsp3) is 0.389. The Morgan fingerprint density at radius 2 is 1.85 bits per heavy atom. The number of carbonyl (C=O) groups excluding carboxylic acids is 3. The van der Waals surface area contributed by atoms with E-state index in [-0.39, 0.29) is 23.3 Å². The normalized spacial score (nSPS) is 16.8. The maximum absolute atomic E-state index is 12.6. The summed E-state index contributed by atoms with van der Waals surface area (Å²) < 4.78 is 0. The molecule has 0 bridgehead atoms. The van der Waals surface area contributed by atoms with Crippen molar-refractivity contribution in [3.05, 3.63) is 39.9 Å². The number of aromatic nitrogens is 2. The number of anilines is 1. The van der Waals surface area contributed by atoms with Crippen molar-refractivity contribution in [2.24, 2.45) is 0 Å². The minimum Gasteiger partial charge on any atom is -0.296 e. The summed E-state index contributed by atoms with van der Waals surface area (Å²) in [6.07, 6.45) is 2.24. The second kappa shape index (κ2) is 5.70. The quantitative estimate of drug-likeness (QED) is 0.838. The Bertz CT molecular complexity index is 940. The molecule has 1 aromatic carbocycles. The van der Waals surface area contributed by atoms with E-state index < -0.39 is 5.54 Å². The number of fused-ring (bicyclic) bond motifs is 1. The SMILES string of the molecule is CC(C)(C)N1C(=O)c2ccc(C(=O)Nc3nnc(C4CC4)s3)cc2C1=O. The smallest absolute Gasteiger partial charge is 0.262 e. The first-order chi connectivity index (χ1) is 12.3. The first-order valence-electron chi connectivity index (χ1n) is 8.43. The molecule has 26 heavy (non-hydrogen) atoms. The molecule has 8 heteroatoms. The van der Waals surface area contributed by atoms with E-state index in [1.54, 1.807) is 26.8 Å². The van der Waals surface area contributed by atoms with Gasteiger partial charge in [0.1, 0.15) is 5.01 Å². The second-order valence-corrected chi connectivity index (χ2v) is 8.56. The molecule has 3 amide bonds. The van der Waals surface area contributed by atoms with Gasteiger partial charge in [-0.05, 0) is 51.8 Å². The standard InChI is InChI=1S/C18H18N4O3S/c1-18(2,3)22-15(24)11-7-6-10(8-12(11)16(22)25)13(23)19-17-21-20-14(26-17)9-4-5-9/h6-9H,4-5H2,1-3H3,(H,19,21,23). The number of carbonyl (C=O) groups is 3. The number of hydrogen-bond acceptors (Lipinski definition) is 6. The highest BCUT2D eigenvalue weighted by Gasteiger charge is 2.42. The minimum absolute atomic E-state index is 0.258. The maximum atomic E-state index is 12.6. The Kier molecular flexibility index (Phi) is 3.69. The third kappa shape index (κ3) is 2.80. The molecule has 1 aromatic heterocycles. The van der Waals surface area contributed by atoms with Crippen molar-refractivity contribution in [2.45, 2.75) is 45.1 Å². The Morgan fingerprint density at radius 3 is 2.50 bits per heavy atom. The average Bonchev–Trinajstić information content (AvgIpc) is 3.26. The zero-order valence-corrected chi connectivity index (χ0v) is 15.5. The number of benzene rings is 1. The molecule has 0 saturated heterocycles. The van der Waals surface area contributed by atoms with Gasteiger partial charge in [0.2, 0.25) is 5.13 Å². The highest BCUT2D eigenvalue weighted by Crippen LogP contribution is 2.42. The van der Waals surface area contributed by atoms with E-state index in [1.807, 2.05) is 0 Å². The Morgan fingerprint density at radius 1 is 1.15 bits per heavy atom. The van der Waals surface area contributed by atoms with Crippen LogP contribution >= 0.6 is 11.3 Å². The zero-order chi connectivity index (χ0) is 18.6. The van der Waals surface area contributed by atoms with Gasteiger partial charge in [-0.25, -0.2) is 0 Å². The first-order valence-corrected chi connectivity index (χ1v) is 9.25. The van der Waals surface area contributed by atoms with Crippen molar-refractivity contribution >= 4 is 34.2 Å². The van der Waals surface area contributed by atoms with Gasteiger partial charge in [-0.2, -0.15) is 0 Å². The van der Waals surface area contributed by atoms with Gasteiger partial charge in [-0.3, -0.25) is 24.6 Å². The number of imide groups is 1. The Labute approximate surface area is 154 Å². The van der Waals surface area contributed by atoms with Crippen LogP contribution in [0.2, 0.25) is 0 Å². The predicted molar refractivity (Wildman–Crippen MR) is 96.5 cm³/mol. The van der Waals surface area contributed by atoms with Gasteiger partial charge in [0.15, 0.2) is 0 Å². The van der Waals surface area contributed by atoms with E-state index in [2.05, 4.69) is 15.5 Å². The molecule has 1 saturated carbocycles. The number of nitrogens with one attached hydrogen (secondary N) is 1. The molecule has 1 fully saturated rings. The zero-order valence-electron chi connectivity index (χ0n) is 14.7. The molecule has 134 valence electrons. The molecule has 7 nitrogen and oxygen atoms in total. The topological polar surface area (TPSA) is 92.3 Å². The second-order valence-electron chi connectivity index (χ2n) is 7.55. The van der Waals surface area contributed by atoms with Gasteiger partial charge in [0, 0.05) is 17.0 Å². The summed E-state index contributed by atoms with van der Waals surface area (Å²) in [5.74, 6) is -0.604. The fourth-order valence-corrected chi connectivity index (χ4v) is 3.85.